The Morgan fingerprint density at radius 1 is 0.829 bits per heavy atom. The van der Waals surface area contributed by atoms with Crippen molar-refractivity contribution in [2.24, 2.45) is 5.92 Å². The molecule has 0 saturated heterocycles. The molecule has 2 aromatic rings. The highest BCUT2D eigenvalue weighted by atomic mass is 16.5. The standard InChI is InChI=1S/C32H45NO2/c34-29-16-19-31-27(24-29)20-21-33(28-12-5-6-13-28)32(31)23-26-14-17-30(18-15-26)35-22-8-7-11-25-9-3-1-2-4-10-25/h14-19,24-25,28,32,34H,1-13,20-23H2. The normalized spacial score (nSPS) is 22.1. The van der Waals surface area contributed by atoms with Crippen molar-refractivity contribution in [1.29, 1.82) is 0 Å². The van der Waals surface area contributed by atoms with Gasteiger partial charge in [-0.05, 0) is 85.4 Å². The lowest BCUT2D eigenvalue weighted by Gasteiger charge is -2.41. The first kappa shape index (κ1) is 24.7. The van der Waals surface area contributed by atoms with Crippen LogP contribution in [-0.4, -0.2) is 29.2 Å². The van der Waals surface area contributed by atoms with Crippen LogP contribution in [0.1, 0.15) is 106 Å². The van der Waals surface area contributed by atoms with Crippen LogP contribution in [0, 0.1) is 5.92 Å². The van der Waals surface area contributed by atoms with Crippen LogP contribution < -0.4 is 4.74 Å². The quantitative estimate of drug-likeness (QED) is 0.295. The first-order valence-electron chi connectivity index (χ1n) is 14.6. The zero-order valence-electron chi connectivity index (χ0n) is 21.6. The highest BCUT2D eigenvalue weighted by molar-refractivity contribution is 5.40. The van der Waals surface area contributed by atoms with E-state index < -0.39 is 0 Å². The van der Waals surface area contributed by atoms with Gasteiger partial charge in [0.1, 0.15) is 11.5 Å². The van der Waals surface area contributed by atoms with Gasteiger partial charge >= 0.3 is 0 Å². The molecular formula is C32H45NO2. The van der Waals surface area contributed by atoms with Crippen molar-refractivity contribution in [2.45, 2.75) is 108 Å². The molecule has 5 rings (SSSR count). The molecule has 2 saturated carbocycles. The van der Waals surface area contributed by atoms with Gasteiger partial charge in [0.25, 0.3) is 0 Å². The molecule has 3 nitrogen and oxygen atoms in total. The van der Waals surface area contributed by atoms with Crippen LogP contribution in [0.2, 0.25) is 0 Å². The zero-order valence-corrected chi connectivity index (χ0v) is 21.6. The Morgan fingerprint density at radius 3 is 2.34 bits per heavy atom. The molecule has 1 aliphatic heterocycles. The summed E-state index contributed by atoms with van der Waals surface area (Å²) >= 11 is 0. The predicted octanol–water partition coefficient (Wildman–Crippen LogP) is 8.00. The van der Waals surface area contributed by atoms with E-state index in [1.165, 1.54) is 100 Å². The average Bonchev–Trinajstić information content (AvgIpc) is 3.28. The summed E-state index contributed by atoms with van der Waals surface area (Å²) in [6.07, 6.45) is 20.0. The molecule has 0 amide bonds. The Morgan fingerprint density at radius 2 is 1.57 bits per heavy atom. The Hall–Kier alpha value is -2.00. The first-order chi connectivity index (χ1) is 17.3. The SMILES string of the molecule is Oc1ccc2c(c1)CCN(C1CCCC1)C2Cc1ccc(OCCCCC2CCCCCC2)cc1. The number of ether oxygens (including phenoxy) is 1. The van der Waals surface area contributed by atoms with E-state index >= 15 is 0 Å². The molecule has 2 aliphatic carbocycles. The number of aromatic hydroxyl groups is 1. The van der Waals surface area contributed by atoms with Crippen molar-refractivity contribution < 1.29 is 9.84 Å². The number of phenolic OH excluding ortho intramolecular Hbond substituents is 1. The molecule has 190 valence electrons. The van der Waals surface area contributed by atoms with Crippen LogP contribution in [0.15, 0.2) is 42.5 Å². The third-order valence-corrected chi connectivity index (χ3v) is 8.92. The maximum atomic E-state index is 10.0. The molecule has 0 aromatic heterocycles. The molecule has 3 heteroatoms. The van der Waals surface area contributed by atoms with E-state index in [0.717, 1.165) is 37.7 Å². The minimum absolute atomic E-state index is 0.396. The van der Waals surface area contributed by atoms with Gasteiger partial charge in [0.15, 0.2) is 0 Å². The van der Waals surface area contributed by atoms with Gasteiger partial charge in [-0.3, -0.25) is 4.90 Å². The number of hydrogen-bond donors (Lipinski definition) is 1. The number of hydrogen-bond acceptors (Lipinski definition) is 3. The molecule has 35 heavy (non-hydrogen) atoms. The molecule has 0 radical (unpaired) electrons. The zero-order chi connectivity index (χ0) is 23.9. The third-order valence-electron chi connectivity index (χ3n) is 8.92. The molecule has 1 heterocycles. The summed E-state index contributed by atoms with van der Waals surface area (Å²) in [4.78, 5) is 2.77. The number of rotatable bonds is 9. The highest BCUT2D eigenvalue weighted by Gasteiger charge is 2.33. The minimum Gasteiger partial charge on any atom is -0.508 e. The van der Waals surface area contributed by atoms with Crippen molar-refractivity contribution >= 4 is 0 Å². The van der Waals surface area contributed by atoms with Crippen LogP contribution in [-0.2, 0) is 12.8 Å². The molecule has 0 bridgehead atoms. The molecule has 3 aliphatic rings. The van der Waals surface area contributed by atoms with E-state index in [1.807, 2.05) is 12.1 Å². The van der Waals surface area contributed by atoms with Crippen molar-refractivity contribution in [3.8, 4) is 11.5 Å². The lowest BCUT2D eigenvalue weighted by atomic mass is 9.87. The van der Waals surface area contributed by atoms with Crippen molar-refractivity contribution in [3.63, 3.8) is 0 Å². The Balaban J connectivity index is 1.15. The largest absolute Gasteiger partial charge is 0.508 e. The van der Waals surface area contributed by atoms with Gasteiger partial charge in [-0.2, -0.15) is 0 Å². The van der Waals surface area contributed by atoms with Crippen molar-refractivity contribution in [1.82, 2.24) is 4.90 Å². The highest BCUT2D eigenvalue weighted by Crippen LogP contribution is 2.39. The monoisotopic (exact) mass is 475 g/mol. The fourth-order valence-electron chi connectivity index (χ4n) is 6.94. The Kier molecular flexibility index (Phi) is 8.68. The van der Waals surface area contributed by atoms with E-state index in [1.54, 1.807) is 0 Å². The summed E-state index contributed by atoms with van der Waals surface area (Å²) in [6.45, 7) is 1.94. The predicted molar refractivity (Wildman–Crippen MR) is 144 cm³/mol. The van der Waals surface area contributed by atoms with Crippen molar-refractivity contribution in [2.75, 3.05) is 13.2 Å². The number of phenols is 1. The second-order valence-electron chi connectivity index (χ2n) is 11.4. The molecular weight excluding hydrogens is 430 g/mol. The van der Waals surface area contributed by atoms with Crippen LogP contribution in [0.25, 0.3) is 0 Å². The molecule has 0 spiro atoms. The van der Waals surface area contributed by atoms with Crippen LogP contribution in [0.3, 0.4) is 0 Å². The van der Waals surface area contributed by atoms with E-state index in [9.17, 15) is 5.11 Å². The van der Waals surface area contributed by atoms with Gasteiger partial charge in [-0.25, -0.2) is 0 Å². The number of fused-ring (bicyclic) bond motifs is 1. The number of benzene rings is 2. The smallest absolute Gasteiger partial charge is 0.119 e. The number of unbranched alkanes of at least 4 members (excludes halogenated alkanes) is 1. The fourth-order valence-corrected chi connectivity index (χ4v) is 6.94. The maximum absolute atomic E-state index is 10.0. The van der Waals surface area contributed by atoms with Crippen molar-refractivity contribution in [3.05, 3.63) is 59.2 Å². The van der Waals surface area contributed by atoms with Gasteiger partial charge in [-0.1, -0.05) is 76.0 Å². The van der Waals surface area contributed by atoms with Crippen LogP contribution in [0.5, 0.6) is 11.5 Å². The lowest BCUT2D eigenvalue weighted by molar-refractivity contribution is 0.124. The summed E-state index contributed by atoms with van der Waals surface area (Å²) in [5, 5.41) is 10.0. The van der Waals surface area contributed by atoms with Crippen LogP contribution in [0.4, 0.5) is 0 Å². The summed E-state index contributed by atoms with van der Waals surface area (Å²) in [6, 6.07) is 16.0. The van der Waals surface area contributed by atoms with Crippen LogP contribution >= 0.6 is 0 Å². The van der Waals surface area contributed by atoms with Gasteiger partial charge in [0.05, 0.1) is 6.61 Å². The van der Waals surface area contributed by atoms with Gasteiger partial charge in [-0.15, -0.1) is 0 Å². The topological polar surface area (TPSA) is 32.7 Å². The van der Waals surface area contributed by atoms with E-state index in [-0.39, 0.29) is 0 Å². The third kappa shape index (κ3) is 6.61. The van der Waals surface area contributed by atoms with Gasteiger partial charge < -0.3 is 9.84 Å². The molecule has 1 N–H and O–H groups in total. The Labute approximate surface area is 212 Å². The lowest BCUT2D eigenvalue weighted by Crippen LogP contribution is -2.42. The van der Waals surface area contributed by atoms with Gasteiger partial charge in [0.2, 0.25) is 0 Å². The second-order valence-corrected chi connectivity index (χ2v) is 11.4. The van der Waals surface area contributed by atoms with E-state index in [2.05, 4.69) is 35.2 Å². The summed E-state index contributed by atoms with van der Waals surface area (Å²) < 4.78 is 6.10. The fraction of sp³-hybridized carbons (Fsp3) is 0.625. The first-order valence-corrected chi connectivity index (χ1v) is 14.6. The summed E-state index contributed by atoms with van der Waals surface area (Å²) in [5.41, 5.74) is 4.11. The maximum Gasteiger partial charge on any atom is 0.119 e. The van der Waals surface area contributed by atoms with E-state index in [4.69, 9.17) is 4.74 Å². The Bertz CT molecular complexity index is 910. The second kappa shape index (κ2) is 12.3. The minimum atomic E-state index is 0.396. The van der Waals surface area contributed by atoms with E-state index in [0.29, 0.717) is 17.8 Å². The van der Waals surface area contributed by atoms with Gasteiger partial charge in [0, 0.05) is 18.6 Å². The molecule has 1 unspecified atom stereocenters. The molecule has 2 aromatic carbocycles. The summed E-state index contributed by atoms with van der Waals surface area (Å²) in [5.74, 6) is 2.37. The summed E-state index contributed by atoms with van der Waals surface area (Å²) in [7, 11) is 0. The molecule has 1 atom stereocenters. The average molecular weight is 476 g/mol. The number of nitrogens with zero attached hydrogens (tertiary/aromatic N) is 1. The molecule has 2 fully saturated rings.